The zero-order chi connectivity index (χ0) is 13.9. The molecule has 1 aromatic heterocycles. The van der Waals surface area contributed by atoms with Gasteiger partial charge in [0.15, 0.2) is 0 Å². The number of hydrogen-bond donors (Lipinski definition) is 3. The SMILES string of the molecule is O=C(NCc1ccc2c(c1)CNC2)c1c[nH]c(=O)cn1. The molecule has 6 nitrogen and oxygen atoms in total. The van der Waals surface area contributed by atoms with Gasteiger partial charge in [-0.1, -0.05) is 18.2 Å². The highest BCUT2D eigenvalue weighted by Gasteiger charge is 2.11. The van der Waals surface area contributed by atoms with E-state index >= 15 is 0 Å². The quantitative estimate of drug-likeness (QED) is 0.749. The number of fused-ring (bicyclic) bond motifs is 1. The van der Waals surface area contributed by atoms with Gasteiger partial charge in [-0.05, 0) is 16.7 Å². The number of aromatic nitrogens is 2. The Bertz CT molecular complexity index is 688. The van der Waals surface area contributed by atoms with Crippen LogP contribution in [-0.2, 0) is 19.6 Å². The first-order valence-corrected chi connectivity index (χ1v) is 6.37. The molecule has 0 bridgehead atoms. The zero-order valence-corrected chi connectivity index (χ0v) is 10.8. The largest absolute Gasteiger partial charge is 0.347 e. The Morgan fingerprint density at radius 2 is 2.15 bits per heavy atom. The van der Waals surface area contributed by atoms with Crippen LogP contribution in [0.3, 0.4) is 0 Å². The standard InChI is InChI=1S/C14H14N4O2/c19-13-8-16-12(7-17-13)14(20)18-4-9-1-2-10-5-15-6-11(10)3-9/h1-3,7-8,15H,4-6H2,(H,17,19)(H,18,20). The van der Waals surface area contributed by atoms with Gasteiger partial charge < -0.3 is 15.6 Å². The van der Waals surface area contributed by atoms with Crippen molar-refractivity contribution in [3.8, 4) is 0 Å². The number of H-pyrrole nitrogens is 1. The third-order valence-corrected chi connectivity index (χ3v) is 3.26. The molecule has 0 radical (unpaired) electrons. The molecule has 0 spiro atoms. The van der Waals surface area contributed by atoms with E-state index in [0.29, 0.717) is 6.54 Å². The van der Waals surface area contributed by atoms with Crippen molar-refractivity contribution in [2.24, 2.45) is 0 Å². The molecule has 0 fully saturated rings. The zero-order valence-electron chi connectivity index (χ0n) is 10.8. The molecule has 0 aliphatic carbocycles. The third-order valence-electron chi connectivity index (χ3n) is 3.26. The molecule has 1 aliphatic heterocycles. The summed E-state index contributed by atoms with van der Waals surface area (Å²) in [5.74, 6) is -0.306. The van der Waals surface area contributed by atoms with E-state index in [1.807, 2.05) is 6.07 Å². The normalized spacial score (nSPS) is 13.0. The van der Waals surface area contributed by atoms with Crippen LogP contribution in [0.25, 0.3) is 0 Å². The van der Waals surface area contributed by atoms with Crippen molar-refractivity contribution in [2.45, 2.75) is 19.6 Å². The molecular formula is C14H14N4O2. The molecule has 3 rings (SSSR count). The number of rotatable bonds is 3. The number of carbonyl (C=O) groups excluding carboxylic acids is 1. The maximum atomic E-state index is 11.9. The molecule has 20 heavy (non-hydrogen) atoms. The van der Waals surface area contributed by atoms with Gasteiger partial charge in [-0.3, -0.25) is 9.59 Å². The molecule has 1 aliphatic rings. The molecule has 0 atom stereocenters. The van der Waals surface area contributed by atoms with Gasteiger partial charge in [0.25, 0.3) is 11.5 Å². The fourth-order valence-electron chi connectivity index (χ4n) is 2.20. The average Bonchev–Trinajstić information content (AvgIpc) is 2.93. The molecule has 0 saturated heterocycles. The van der Waals surface area contributed by atoms with Crippen LogP contribution in [0.15, 0.2) is 35.4 Å². The summed E-state index contributed by atoms with van der Waals surface area (Å²) in [4.78, 5) is 28.9. The summed E-state index contributed by atoms with van der Waals surface area (Å²) in [7, 11) is 0. The van der Waals surface area contributed by atoms with Crippen LogP contribution in [0.5, 0.6) is 0 Å². The number of nitrogens with zero attached hydrogens (tertiary/aromatic N) is 1. The number of carbonyl (C=O) groups is 1. The first kappa shape index (κ1) is 12.6. The van der Waals surface area contributed by atoms with E-state index in [4.69, 9.17) is 0 Å². The second-order valence-electron chi connectivity index (χ2n) is 4.69. The second kappa shape index (κ2) is 5.26. The monoisotopic (exact) mass is 270 g/mol. The van der Waals surface area contributed by atoms with E-state index in [2.05, 4.69) is 32.7 Å². The molecule has 0 saturated carbocycles. The van der Waals surface area contributed by atoms with Crippen LogP contribution in [0.2, 0.25) is 0 Å². The van der Waals surface area contributed by atoms with E-state index in [-0.39, 0.29) is 17.2 Å². The minimum atomic E-state index is -0.326. The lowest BCUT2D eigenvalue weighted by molar-refractivity contribution is 0.0945. The first-order valence-electron chi connectivity index (χ1n) is 6.37. The van der Waals surface area contributed by atoms with Crippen molar-refractivity contribution < 1.29 is 4.79 Å². The average molecular weight is 270 g/mol. The third kappa shape index (κ3) is 2.60. The Kier molecular flexibility index (Phi) is 3.30. The van der Waals surface area contributed by atoms with E-state index in [1.54, 1.807) is 0 Å². The summed E-state index contributed by atoms with van der Waals surface area (Å²) in [6.45, 7) is 2.22. The lowest BCUT2D eigenvalue weighted by Gasteiger charge is -2.06. The Hall–Kier alpha value is -2.47. The van der Waals surface area contributed by atoms with Gasteiger partial charge in [-0.25, -0.2) is 4.98 Å². The van der Waals surface area contributed by atoms with E-state index in [1.165, 1.54) is 17.3 Å². The highest BCUT2D eigenvalue weighted by atomic mass is 16.2. The molecule has 2 aromatic rings. The number of benzene rings is 1. The maximum absolute atomic E-state index is 11.9. The smallest absolute Gasteiger partial charge is 0.271 e. The number of hydrogen-bond acceptors (Lipinski definition) is 4. The van der Waals surface area contributed by atoms with Gasteiger partial charge in [0.05, 0.1) is 6.20 Å². The van der Waals surface area contributed by atoms with Crippen molar-refractivity contribution in [2.75, 3.05) is 0 Å². The summed E-state index contributed by atoms with van der Waals surface area (Å²) < 4.78 is 0. The lowest BCUT2D eigenvalue weighted by atomic mass is 10.1. The number of aromatic amines is 1. The van der Waals surface area contributed by atoms with E-state index in [9.17, 15) is 9.59 Å². The van der Waals surface area contributed by atoms with Gasteiger partial charge in [0.2, 0.25) is 0 Å². The molecular weight excluding hydrogens is 256 g/mol. The summed E-state index contributed by atoms with van der Waals surface area (Å²) >= 11 is 0. The highest BCUT2D eigenvalue weighted by Crippen LogP contribution is 2.16. The second-order valence-corrected chi connectivity index (χ2v) is 4.69. The molecule has 6 heteroatoms. The lowest BCUT2D eigenvalue weighted by Crippen LogP contribution is -2.25. The number of amides is 1. The van der Waals surface area contributed by atoms with Crippen LogP contribution >= 0.6 is 0 Å². The van der Waals surface area contributed by atoms with Crippen molar-refractivity contribution >= 4 is 5.91 Å². The van der Waals surface area contributed by atoms with Crippen LogP contribution in [0, 0.1) is 0 Å². The first-order chi connectivity index (χ1) is 9.72. The summed E-state index contributed by atoms with van der Waals surface area (Å²) in [6.07, 6.45) is 2.40. The highest BCUT2D eigenvalue weighted by molar-refractivity contribution is 5.91. The molecule has 1 amide bonds. The summed E-state index contributed by atoms with van der Waals surface area (Å²) in [6, 6.07) is 6.18. The van der Waals surface area contributed by atoms with Gasteiger partial charge in [0.1, 0.15) is 5.69 Å². The van der Waals surface area contributed by atoms with Crippen LogP contribution in [-0.4, -0.2) is 15.9 Å². The molecule has 0 unspecified atom stereocenters. The van der Waals surface area contributed by atoms with Crippen molar-refractivity contribution in [1.29, 1.82) is 0 Å². The topological polar surface area (TPSA) is 86.9 Å². The number of nitrogens with one attached hydrogen (secondary N) is 3. The van der Waals surface area contributed by atoms with Crippen molar-refractivity contribution in [3.05, 3.63) is 63.3 Å². The Labute approximate surface area is 115 Å². The fourth-order valence-corrected chi connectivity index (χ4v) is 2.20. The fraction of sp³-hybridized carbons (Fsp3) is 0.214. The maximum Gasteiger partial charge on any atom is 0.271 e. The minimum absolute atomic E-state index is 0.201. The minimum Gasteiger partial charge on any atom is -0.347 e. The van der Waals surface area contributed by atoms with Crippen molar-refractivity contribution in [1.82, 2.24) is 20.6 Å². The molecule has 2 heterocycles. The summed E-state index contributed by atoms with van der Waals surface area (Å²) in [5.41, 5.74) is 3.51. The molecule has 1 aromatic carbocycles. The van der Waals surface area contributed by atoms with Crippen LogP contribution in [0.4, 0.5) is 0 Å². The van der Waals surface area contributed by atoms with Gasteiger partial charge in [-0.15, -0.1) is 0 Å². The van der Waals surface area contributed by atoms with Gasteiger partial charge in [-0.2, -0.15) is 0 Å². The van der Waals surface area contributed by atoms with Gasteiger partial charge in [0, 0.05) is 25.8 Å². The summed E-state index contributed by atoms with van der Waals surface area (Å²) in [5, 5.41) is 6.06. The predicted molar refractivity (Wildman–Crippen MR) is 73.0 cm³/mol. The molecule has 3 N–H and O–H groups in total. The molecule has 102 valence electrons. The van der Waals surface area contributed by atoms with E-state index in [0.717, 1.165) is 24.8 Å². The van der Waals surface area contributed by atoms with Gasteiger partial charge >= 0.3 is 0 Å². The van der Waals surface area contributed by atoms with E-state index < -0.39 is 0 Å². The predicted octanol–water partition coefficient (Wildman–Crippen LogP) is 0.303. The van der Waals surface area contributed by atoms with Crippen molar-refractivity contribution in [3.63, 3.8) is 0 Å². The Morgan fingerprint density at radius 1 is 1.30 bits per heavy atom. The Balaban J connectivity index is 1.66. The Morgan fingerprint density at radius 3 is 2.95 bits per heavy atom. The van der Waals surface area contributed by atoms with Crippen LogP contribution < -0.4 is 16.2 Å². The van der Waals surface area contributed by atoms with Crippen LogP contribution in [0.1, 0.15) is 27.2 Å².